The highest BCUT2D eigenvalue weighted by Gasteiger charge is 2.67. The predicted octanol–water partition coefficient (Wildman–Crippen LogP) is 2.92. The maximum Gasteiger partial charge on any atom is 0.312 e. The minimum absolute atomic E-state index is 0.0457. The van der Waals surface area contributed by atoms with Crippen LogP contribution in [-0.2, 0) is 14.3 Å². The minimum atomic E-state index is -1.55. The van der Waals surface area contributed by atoms with Crippen molar-refractivity contribution < 1.29 is 28.2 Å². The molecule has 2 aromatic carbocycles. The van der Waals surface area contributed by atoms with Gasteiger partial charge in [0.15, 0.2) is 0 Å². The Morgan fingerprint density at radius 3 is 2.84 bits per heavy atom. The molecule has 2 amide bonds. The molecule has 5 rings (SSSR count). The lowest BCUT2D eigenvalue weighted by Crippen LogP contribution is -2.57. The zero-order valence-corrected chi connectivity index (χ0v) is 17.1. The molecule has 31 heavy (non-hydrogen) atoms. The van der Waals surface area contributed by atoms with Crippen LogP contribution < -0.4 is 10.1 Å². The van der Waals surface area contributed by atoms with E-state index < -0.39 is 47.0 Å². The summed E-state index contributed by atoms with van der Waals surface area (Å²) in [6.45, 7) is 3.55. The number of halogens is 1. The van der Waals surface area contributed by atoms with Crippen molar-refractivity contribution in [2.75, 3.05) is 18.5 Å². The van der Waals surface area contributed by atoms with Crippen LogP contribution in [0.2, 0.25) is 0 Å². The normalized spacial score (nSPS) is 28.4. The third-order valence-corrected chi connectivity index (χ3v) is 6.57. The van der Waals surface area contributed by atoms with E-state index in [1.54, 1.807) is 19.9 Å². The van der Waals surface area contributed by atoms with E-state index in [1.165, 1.54) is 17.0 Å². The van der Waals surface area contributed by atoms with Gasteiger partial charge in [-0.2, -0.15) is 0 Å². The van der Waals surface area contributed by atoms with Crippen molar-refractivity contribution in [1.29, 1.82) is 0 Å². The molecule has 4 atom stereocenters. The summed E-state index contributed by atoms with van der Waals surface area (Å²) >= 11 is 0. The zero-order chi connectivity index (χ0) is 21.9. The highest BCUT2D eigenvalue weighted by atomic mass is 19.1. The topological polar surface area (TPSA) is 84.9 Å². The van der Waals surface area contributed by atoms with E-state index in [9.17, 15) is 18.8 Å². The summed E-state index contributed by atoms with van der Waals surface area (Å²) in [4.78, 5) is 41.9. The van der Waals surface area contributed by atoms with E-state index >= 15 is 0 Å². The lowest BCUT2D eigenvalue weighted by molar-refractivity contribution is -0.155. The van der Waals surface area contributed by atoms with Crippen molar-refractivity contribution in [2.24, 2.45) is 11.8 Å². The van der Waals surface area contributed by atoms with Crippen LogP contribution in [0.5, 0.6) is 5.75 Å². The van der Waals surface area contributed by atoms with Crippen LogP contribution in [0, 0.1) is 17.7 Å². The number of carbonyl (C=O) groups is 3. The van der Waals surface area contributed by atoms with Gasteiger partial charge >= 0.3 is 5.97 Å². The second-order valence-corrected chi connectivity index (χ2v) is 8.15. The van der Waals surface area contributed by atoms with Crippen LogP contribution >= 0.6 is 0 Å². The van der Waals surface area contributed by atoms with Crippen LogP contribution in [-0.4, -0.2) is 41.4 Å². The molecule has 1 N–H and O–H groups in total. The molecule has 0 saturated carbocycles. The summed E-state index contributed by atoms with van der Waals surface area (Å²) in [6.07, 6.45) is 0. The number of hydrogen-bond acceptors (Lipinski definition) is 5. The molecule has 0 radical (unpaired) electrons. The average Bonchev–Trinajstić information content (AvgIpc) is 3.00. The maximum atomic E-state index is 14.0. The molecule has 160 valence electrons. The SMILES string of the molecule is CCOC(=O)C1C2COc3ccccc3C2N2C(=O)c3cc(F)ccc3NC(=O)[C@@]12C. The summed E-state index contributed by atoms with van der Waals surface area (Å²) in [5.41, 5.74) is -0.580. The standard InChI is InChI=1S/C23H21FN2O5/c1-3-30-21(28)18-15-11-31-17-7-5-4-6-13(17)19(15)26-20(27)14-10-12(24)8-9-16(14)25-22(29)23(18,26)2/h4-10,15,18-19H,3,11H2,1-2H3,(H,25,29)/t15?,18?,19?,23-/m1/s1. The predicted molar refractivity (Wildman–Crippen MR) is 108 cm³/mol. The number of hydrogen-bond donors (Lipinski definition) is 1. The third kappa shape index (κ3) is 2.60. The first-order valence-corrected chi connectivity index (χ1v) is 10.2. The van der Waals surface area contributed by atoms with Gasteiger partial charge in [-0.15, -0.1) is 0 Å². The monoisotopic (exact) mass is 424 g/mol. The van der Waals surface area contributed by atoms with Crippen molar-refractivity contribution in [3.8, 4) is 5.75 Å². The molecule has 3 aliphatic rings. The smallest absolute Gasteiger partial charge is 0.312 e. The Morgan fingerprint density at radius 1 is 1.29 bits per heavy atom. The number of benzene rings is 2. The van der Waals surface area contributed by atoms with Crippen LogP contribution in [0.15, 0.2) is 42.5 Å². The van der Waals surface area contributed by atoms with Gasteiger partial charge in [0.2, 0.25) is 0 Å². The lowest BCUT2D eigenvalue weighted by Gasteiger charge is -2.38. The molecule has 2 aromatic rings. The largest absolute Gasteiger partial charge is 0.493 e. The summed E-state index contributed by atoms with van der Waals surface area (Å²) in [7, 11) is 0. The van der Waals surface area contributed by atoms with E-state index in [4.69, 9.17) is 9.47 Å². The van der Waals surface area contributed by atoms with E-state index in [2.05, 4.69) is 5.32 Å². The van der Waals surface area contributed by atoms with Gasteiger partial charge in [0.05, 0.1) is 36.4 Å². The highest BCUT2D eigenvalue weighted by Crippen LogP contribution is 2.56. The minimum Gasteiger partial charge on any atom is -0.493 e. The first-order valence-electron chi connectivity index (χ1n) is 10.2. The number of amides is 2. The van der Waals surface area contributed by atoms with Crippen molar-refractivity contribution in [3.05, 3.63) is 59.4 Å². The van der Waals surface area contributed by atoms with Gasteiger partial charge < -0.3 is 19.7 Å². The lowest BCUT2D eigenvalue weighted by atomic mass is 9.77. The fourth-order valence-corrected chi connectivity index (χ4v) is 5.23. The van der Waals surface area contributed by atoms with Gasteiger partial charge in [0.25, 0.3) is 11.8 Å². The number of anilines is 1. The number of ether oxygens (including phenoxy) is 2. The number of nitrogens with zero attached hydrogens (tertiary/aromatic N) is 1. The molecule has 0 aliphatic carbocycles. The van der Waals surface area contributed by atoms with Gasteiger partial charge in [-0.1, -0.05) is 18.2 Å². The molecule has 7 nitrogen and oxygen atoms in total. The number of esters is 1. The molecule has 0 aromatic heterocycles. The summed E-state index contributed by atoms with van der Waals surface area (Å²) in [5, 5.41) is 2.74. The van der Waals surface area contributed by atoms with Gasteiger partial charge in [0, 0.05) is 11.5 Å². The average molecular weight is 424 g/mol. The first-order chi connectivity index (χ1) is 14.9. The molecular formula is C23H21FN2O5. The van der Waals surface area contributed by atoms with Crippen LogP contribution in [0.4, 0.5) is 10.1 Å². The fourth-order valence-electron chi connectivity index (χ4n) is 5.23. The number of para-hydroxylation sites is 1. The van der Waals surface area contributed by atoms with E-state index in [1.807, 2.05) is 18.2 Å². The highest BCUT2D eigenvalue weighted by molar-refractivity contribution is 6.13. The van der Waals surface area contributed by atoms with Crippen LogP contribution in [0.25, 0.3) is 0 Å². The maximum absolute atomic E-state index is 14.0. The Bertz CT molecular complexity index is 1120. The summed E-state index contributed by atoms with van der Waals surface area (Å²) in [5.74, 6) is -3.05. The molecule has 1 fully saturated rings. The Labute approximate surface area is 178 Å². The molecule has 3 heterocycles. The quantitative estimate of drug-likeness (QED) is 0.750. The number of carbonyl (C=O) groups excluding carboxylic acids is 3. The van der Waals surface area contributed by atoms with Crippen LogP contribution in [0.1, 0.15) is 35.8 Å². The first kappa shape index (κ1) is 19.5. The Balaban J connectivity index is 1.76. The van der Waals surface area contributed by atoms with Gasteiger partial charge in [-0.25, -0.2) is 4.39 Å². The molecule has 3 aliphatic heterocycles. The third-order valence-electron chi connectivity index (χ3n) is 6.57. The van der Waals surface area contributed by atoms with Crippen molar-refractivity contribution in [1.82, 2.24) is 4.90 Å². The van der Waals surface area contributed by atoms with E-state index in [0.717, 1.165) is 6.07 Å². The van der Waals surface area contributed by atoms with E-state index in [0.29, 0.717) is 11.3 Å². The van der Waals surface area contributed by atoms with Crippen molar-refractivity contribution >= 4 is 23.5 Å². The Hall–Kier alpha value is -3.42. The summed E-state index contributed by atoms with van der Waals surface area (Å²) < 4.78 is 25.3. The molecule has 0 bridgehead atoms. The zero-order valence-electron chi connectivity index (χ0n) is 17.1. The van der Waals surface area contributed by atoms with Crippen molar-refractivity contribution in [2.45, 2.75) is 25.4 Å². The number of fused-ring (bicyclic) bond motifs is 6. The Morgan fingerprint density at radius 2 is 2.06 bits per heavy atom. The number of nitrogens with one attached hydrogen (secondary N) is 1. The second-order valence-electron chi connectivity index (χ2n) is 8.15. The molecule has 1 saturated heterocycles. The molecule has 3 unspecified atom stereocenters. The fraction of sp³-hybridized carbons (Fsp3) is 0.348. The number of rotatable bonds is 2. The van der Waals surface area contributed by atoms with Crippen LogP contribution in [0.3, 0.4) is 0 Å². The summed E-state index contributed by atoms with van der Waals surface area (Å²) in [6, 6.07) is 10.3. The van der Waals surface area contributed by atoms with Gasteiger partial charge in [-0.3, -0.25) is 14.4 Å². The van der Waals surface area contributed by atoms with Gasteiger partial charge in [-0.05, 0) is 38.1 Å². The molecule has 0 spiro atoms. The molecule has 8 heteroatoms. The van der Waals surface area contributed by atoms with Crippen molar-refractivity contribution in [3.63, 3.8) is 0 Å². The second kappa shape index (κ2) is 6.80. The van der Waals surface area contributed by atoms with E-state index in [-0.39, 0.29) is 24.5 Å². The Kier molecular flexibility index (Phi) is 4.28. The van der Waals surface area contributed by atoms with Gasteiger partial charge in [0.1, 0.15) is 17.1 Å². The molecular weight excluding hydrogens is 403 g/mol.